The topological polar surface area (TPSA) is 32.7 Å². The van der Waals surface area contributed by atoms with E-state index in [0.29, 0.717) is 6.54 Å². The van der Waals surface area contributed by atoms with Crippen LogP contribution in [-0.4, -0.2) is 5.01 Å². The lowest BCUT2D eigenvalue weighted by molar-refractivity contribution is 0.177. The molecular weight excluding hydrogens is 224 g/mol. The van der Waals surface area contributed by atoms with Gasteiger partial charge in [0.25, 0.3) is 0 Å². The van der Waals surface area contributed by atoms with Gasteiger partial charge in [-0.05, 0) is 23.1 Å². The molecule has 3 nitrogen and oxygen atoms in total. The van der Waals surface area contributed by atoms with E-state index in [-0.39, 0.29) is 6.04 Å². The maximum atomic E-state index is 11.0. The van der Waals surface area contributed by atoms with Crippen molar-refractivity contribution in [1.29, 1.82) is 0 Å². The van der Waals surface area contributed by atoms with Gasteiger partial charge in [0.05, 0.1) is 17.9 Å². The first-order valence-corrected chi connectivity index (χ1v) is 6.10. The van der Waals surface area contributed by atoms with Crippen molar-refractivity contribution < 1.29 is 0 Å². The minimum atomic E-state index is 0.0543. The summed E-state index contributed by atoms with van der Waals surface area (Å²) in [7, 11) is 0. The predicted molar refractivity (Wildman–Crippen MR) is 70.7 cm³/mol. The van der Waals surface area contributed by atoms with Crippen molar-refractivity contribution in [2.24, 2.45) is 5.29 Å². The number of hydrogen-bond acceptors (Lipinski definition) is 2. The van der Waals surface area contributed by atoms with Crippen LogP contribution in [0.25, 0.3) is 0 Å². The van der Waals surface area contributed by atoms with Gasteiger partial charge in [0.15, 0.2) is 0 Å². The zero-order valence-corrected chi connectivity index (χ0v) is 9.99. The average molecular weight is 238 g/mol. The summed E-state index contributed by atoms with van der Waals surface area (Å²) in [5.74, 6) is 0. The standard InChI is InChI=1S/C15H14N2O/c18-16-17-11-14-9-5-4-8-13(14)10-15(17)12-6-2-1-3-7-12/h1-9,15H,10-11H2. The first kappa shape index (κ1) is 11.0. The monoisotopic (exact) mass is 238 g/mol. The predicted octanol–water partition coefficient (Wildman–Crippen LogP) is 3.47. The fourth-order valence-corrected chi connectivity index (χ4v) is 2.56. The largest absolute Gasteiger partial charge is 0.249 e. The van der Waals surface area contributed by atoms with Gasteiger partial charge in [-0.3, -0.25) is 0 Å². The lowest BCUT2D eigenvalue weighted by Gasteiger charge is -2.32. The summed E-state index contributed by atoms with van der Waals surface area (Å²) < 4.78 is 0. The quantitative estimate of drug-likeness (QED) is 0.750. The minimum Gasteiger partial charge on any atom is -0.249 e. The highest BCUT2D eigenvalue weighted by molar-refractivity contribution is 5.33. The maximum absolute atomic E-state index is 11.0. The Morgan fingerprint density at radius 1 is 0.944 bits per heavy atom. The average Bonchev–Trinajstić information content (AvgIpc) is 2.46. The molecule has 0 bridgehead atoms. The van der Waals surface area contributed by atoms with Crippen molar-refractivity contribution >= 4 is 0 Å². The van der Waals surface area contributed by atoms with Gasteiger partial charge in [-0.1, -0.05) is 54.6 Å². The highest BCUT2D eigenvalue weighted by atomic mass is 16.3. The van der Waals surface area contributed by atoms with Gasteiger partial charge in [0.1, 0.15) is 0 Å². The fraction of sp³-hybridized carbons (Fsp3) is 0.200. The Balaban J connectivity index is 1.98. The Bertz CT molecular complexity index is 553. The number of nitroso groups, excluding NO2 is 1. The van der Waals surface area contributed by atoms with Gasteiger partial charge < -0.3 is 0 Å². The smallest absolute Gasteiger partial charge is 0.0796 e. The van der Waals surface area contributed by atoms with Crippen LogP contribution in [0.4, 0.5) is 0 Å². The van der Waals surface area contributed by atoms with Gasteiger partial charge >= 0.3 is 0 Å². The zero-order valence-electron chi connectivity index (χ0n) is 9.99. The van der Waals surface area contributed by atoms with Crippen LogP contribution < -0.4 is 0 Å². The van der Waals surface area contributed by atoms with Gasteiger partial charge in [0, 0.05) is 0 Å². The van der Waals surface area contributed by atoms with Gasteiger partial charge in [-0.25, -0.2) is 5.01 Å². The molecule has 0 fully saturated rings. The third kappa shape index (κ3) is 1.88. The molecule has 0 amide bonds. The van der Waals surface area contributed by atoms with E-state index in [4.69, 9.17) is 0 Å². The Labute approximate surface area is 106 Å². The molecule has 0 saturated carbocycles. The number of fused-ring (bicyclic) bond motifs is 1. The van der Waals surface area contributed by atoms with Crippen molar-refractivity contribution in [2.45, 2.75) is 19.0 Å². The second-order valence-corrected chi connectivity index (χ2v) is 4.58. The highest BCUT2D eigenvalue weighted by Gasteiger charge is 2.26. The normalized spacial score (nSPS) is 18.2. The zero-order chi connectivity index (χ0) is 12.4. The molecule has 0 spiro atoms. The van der Waals surface area contributed by atoms with Crippen LogP contribution in [0.15, 0.2) is 59.9 Å². The molecule has 18 heavy (non-hydrogen) atoms. The highest BCUT2D eigenvalue weighted by Crippen LogP contribution is 2.32. The Kier molecular flexibility index (Phi) is 2.81. The van der Waals surface area contributed by atoms with Crippen LogP contribution in [0.5, 0.6) is 0 Å². The minimum absolute atomic E-state index is 0.0543. The van der Waals surface area contributed by atoms with E-state index in [2.05, 4.69) is 29.6 Å². The molecule has 90 valence electrons. The number of hydrogen-bond donors (Lipinski definition) is 0. The molecule has 0 saturated heterocycles. The third-order valence-corrected chi connectivity index (χ3v) is 3.51. The van der Waals surface area contributed by atoms with E-state index in [1.807, 2.05) is 30.3 Å². The molecule has 0 aliphatic carbocycles. The second kappa shape index (κ2) is 4.61. The Morgan fingerprint density at radius 3 is 2.33 bits per heavy atom. The molecular formula is C15H14N2O. The van der Waals surface area contributed by atoms with Crippen LogP contribution >= 0.6 is 0 Å². The fourth-order valence-electron chi connectivity index (χ4n) is 2.56. The first-order chi connectivity index (χ1) is 8.88. The number of nitrogens with zero attached hydrogens (tertiary/aromatic N) is 2. The molecule has 3 rings (SSSR count). The van der Waals surface area contributed by atoms with Crippen molar-refractivity contribution in [3.8, 4) is 0 Å². The SMILES string of the molecule is O=NN1Cc2ccccc2CC1c1ccccc1. The van der Waals surface area contributed by atoms with E-state index >= 15 is 0 Å². The molecule has 0 aromatic heterocycles. The second-order valence-electron chi connectivity index (χ2n) is 4.58. The van der Waals surface area contributed by atoms with Gasteiger partial charge in [0.2, 0.25) is 0 Å². The van der Waals surface area contributed by atoms with Crippen LogP contribution in [0.1, 0.15) is 22.7 Å². The summed E-state index contributed by atoms with van der Waals surface area (Å²) in [6.45, 7) is 0.596. The maximum Gasteiger partial charge on any atom is 0.0796 e. The van der Waals surface area contributed by atoms with Crippen LogP contribution in [0, 0.1) is 4.91 Å². The van der Waals surface area contributed by atoms with Crippen molar-refractivity contribution in [2.75, 3.05) is 0 Å². The summed E-state index contributed by atoms with van der Waals surface area (Å²) in [5, 5.41) is 4.82. The summed E-state index contributed by atoms with van der Waals surface area (Å²) in [5.41, 5.74) is 3.65. The van der Waals surface area contributed by atoms with Crippen molar-refractivity contribution in [3.63, 3.8) is 0 Å². The van der Waals surface area contributed by atoms with E-state index in [0.717, 1.165) is 12.0 Å². The molecule has 1 heterocycles. The number of benzene rings is 2. The molecule has 3 heteroatoms. The summed E-state index contributed by atoms with van der Waals surface area (Å²) in [6, 6.07) is 18.4. The molecule has 1 unspecified atom stereocenters. The summed E-state index contributed by atoms with van der Waals surface area (Å²) in [6.07, 6.45) is 0.839. The van der Waals surface area contributed by atoms with Crippen LogP contribution in [0.3, 0.4) is 0 Å². The van der Waals surface area contributed by atoms with Crippen molar-refractivity contribution in [1.82, 2.24) is 5.01 Å². The molecule has 0 radical (unpaired) electrons. The Morgan fingerprint density at radius 2 is 1.61 bits per heavy atom. The molecule has 2 aromatic rings. The first-order valence-electron chi connectivity index (χ1n) is 6.10. The van der Waals surface area contributed by atoms with Gasteiger partial charge in [-0.15, -0.1) is 4.91 Å². The molecule has 1 aliphatic heterocycles. The Hall–Kier alpha value is -2.16. The van der Waals surface area contributed by atoms with Crippen molar-refractivity contribution in [3.05, 3.63) is 76.2 Å². The lowest BCUT2D eigenvalue weighted by Crippen LogP contribution is -2.29. The van der Waals surface area contributed by atoms with E-state index < -0.39 is 0 Å². The van der Waals surface area contributed by atoms with E-state index in [1.165, 1.54) is 11.1 Å². The van der Waals surface area contributed by atoms with Gasteiger partial charge in [-0.2, -0.15) is 0 Å². The molecule has 0 N–H and O–H groups in total. The van der Waals surface area contributed by atoms with Crippen LogP contribution in [-0.2, 0) is 13.0 Å². The summed E-state index contributed by atoms with van der Waals surface area (Å²) >= 11 is 0. The third-order valence-electron chi connectivity index (χ3n) is 3.51. The lowest BCUT2D eigenvalue weighted by atomic mass is 9.91. The van der Waals surface area contributed by atoms with E-state index in [9.17, 15) is 4.91 Å². The molecule has 2 aromatic carbocycles. The van der Waals surface area contributed by atoms with Crippen LogP contribution in [0.2, 0.25) is 0 Å². The molecule has 1 aliphatic rings. The summed E-state index contributed by atoms with van der Waals surface area (Å²) in [4.78, 5) is 11.0. The number of rotatable bonds is 2. The molecule has 1 atom stereocenters. The van der Waals surface area contributed by atoms with E-state index in [1.54, 1.807) is 5.01 Å².